The molecule has 0 radical (unpaired) electrons. The zero-order chi connectivity index (χ0) is 15.4. The summed E-state index contributed by atoms with van der Waals surface area (Å²) in [7, 11) is 0. The lowest BCUT2D eigenvalue weighted by Gasteiger charge is -2.37. The van der Waals surface area contributed by atoms with E-state index in [1.165, 1.54) is 10.3 Å². The number of aryl methyl sites for hydroxylation is 1. The Balaban J connectivity index is 1.41. The molecule has 0 atom stereocenters. The van der Waals surface area contributed by atoms with Crippen molar-refractivity contribution < 1.29 is 0 Å². The molecule has 0 unspecified atom stereocenters. The van der Waals surface area contributed by atoms with E-state index in [1.54, 1.807) is 11.3 Å². The maximum Gasteiger partial charge on any atom is 0.186 e. The molecule has 1 aliphatic heterocycles. The standard InChI is InChI=1S/C17H15N5S/c1-11-5-6-13-14(8-11)23-17(18-13)21-9-12(10-21)16-20-19-15-4-2-3-7-22(15)16/h2-8,12H,9-10H2,1H3. The summed E-state index contributed by atoms with van der Waals surface area (Å²) in [6.45, 7) is 4.03. The van der Waals surface area contributed by atoms with Gasteiger partial charge in [0.1, 0.15) is 5.82 Å². The molecule has 6 heteroatoms. The lowest BCUT2D eigenvalue weighted by Crippen LogP contribution is -2.45. The number of benzene rings is 1. The summed E-state index contributed by atoms with van der Waals surface area (Å²) < 4.78 is 3.35. The third-order valence-corrected chi connectivity index (χ3v) is 5.47. The topological polar surface area (TPSA) is 46.3 Å². The Bertz CT molecular complexity index is 1010. The van der Waals surface area contributed by atoms with Crippen molar-refractivity contribution in [2.24, 2.45) is 0 Å². The zero-order valence-electron chi connectivity index (χ0n) is 12.7. The molecule has 0 N–H and O–H groups in total. The SMILES string of the molecule is Cc1ccc2nc(N3CC(c4nnc5ccccn45)C3)sc2c1. The van der Waals surface area contributed by atoms with Crippen LogP contribution in [0.15, 0.2) is 42.6 Å². The zero-order valence-corrected chi connectivity index (χ0v) is 13.5. The van der Waals surface area contributed by atoms with E-state index in [-0.39, 0.29) is 0 Å². The minimum atomic E-state index is 0.418. The minimum absolute atomic E-state index is 0.418. The van der Waals surface area contributed by atoms with Crippen molar-refractivity contribution in [1.29, 1.82) is 0 Å². The average Bonchev–Trinajstić information content (AvgIpc) is 3.10. The van der Waals surface area contributed by atoms with Gasteiger partial charge in [-0.15, -0.1) is 10.2 Å². The van der Waals surface area contributed by atoms with Crippen LogP contribution in [0.2, 0.25) is 0 Å². The molecule has 0 amide bonds. The molecule has 0 aliphatic carbocycles. The van der Waals surface area contributed by atoms with Gasteiger partial charge in [0, 0.05) is 19.3 Å². The van der Waals surface area contributed by atoms with Gasteiger partial charge >= 0.3 is 0 Å². The number of nitrogens with zero attached hydrogens (tertiary/aromatic N) is 5. The number of pyridine rings is 1. The van der Waals surface area contributed by atoms with E-state index < -0.39 is 0 Å². The van der Waals surface area contributed by atoms with Crippen LogP contribution in [-0.4, -0.2) is 32.7 Å². The number of rotatable bonds is 2. The second-order valence-corrected chi connectivity index (χ2v) is 7.07. The van der Waals surface area contributed by atoms with E-state index in [0.29, 0.717) is 5.92 Å². The van der Waals surface area contributed by atoms with Crippen molar-refractivity contribution in [2.45, 2.75) is 12.8 Å². The number of anilines is 1. The van der Waals surface area contributed by atoms with Gasteiger partial charge in [-0.05, 0) is 36.8 Å². The highest BCUT2D eigenvalue weighted by atomic mass is 32.1. The van der Waals surface area contributed by atoms with E-state index in [1.807, 2.05) is 24.4 Å². The van der Waals surface area contributed by atoms with Crippen molar-refractivity contribution >= 4 is 32.3 Å². The molecule has 1 aromatic carbocycles. The van der Waals surface area contributed by atoms with Gasteiger partial charge in [0.05, 0.1) is 16.1 Å². The fourth-order valence-corrected chi connectivity index (χ4v) is 4.17. The highest BCUT2D eigenvalue weighted by Gasteiger charge is 2.33. The predicted octanol–water partition coefficient (Wildman–Crippen LogP) is 3.25. The Labute approximate surface area is 137 Å². The Kier molecular flexibility index (Phi) is 2.69. The van der Waals surface area contributed by atoms with E-state index in [0.717, 1.165) is 35.2 Å². The van der Waals surface area contributed by atoms with Crippen LogP contribution < -0.4 is 4.90 Å². The normalized spacial score (nSPS) is 15.4. The van der Waals surface area contributed by atoms with E-state index in [9.17, 15) is 0 Å². The van der Waals surface area contributed by atoms with Crippen LogP contribution in [0, 0.1) is 6.92 Å². The summed E-state index contributed by atoms with van der Waals surface area (Å²) in [5.74, 6) is 1.47. The van der Waals surface area contributed by atoms with Crippen molar-refractivity contribution in [3.05, 3.63) is 54.0 Å². The van der Waals surface area contributed by atoms with Crippen molar-refractivity contribution in [3.8, 4) is 0 Å². The summed E-state index contributed by atoms with van der Waals surface area (Å²) in [5, 5.41) is 9.72. The maximum atomic E-state index is 4.76. The highest BCUT2D eigenvalue weighted by molar-refractivity contribution is 7.22. The number of thiazole rings is 1. The van der Waals surface area contributed by atoms with Crippen LogP contribution in [-0.2, 0) is 0 Å². The molecule has 1 aliphatic rings. The lowest BCUT2D eigenvalue weighted by atomic mass is 10.0. The van der Waals surface area contributed by atoms with Crippen LogP contribution >= 0.6 is 11.3 Å². The van der Waals surface area contributed by atoms with Crippen LogP contribution in [0.1, 0.15) is 17.3 Å². The minimum Gasteiger partial charge on any atom is -0.346 e. The first-order chi connectivity index (χ1) is 11.3. The molecule has 4 aromatic rings. The molecule has 5 rings (SSSR count). The number of hydrogen-bond donors (Lipinski definition) is 0. The fourth-order valence-electron chi connectivity index (χ4n) is 3.09. The van der Waals surface area contributed by atoms with Gasteiger partial charge in [-0.25, -0.2) is 4.98 Å². The van der Waals surface area contributed by atoms with Gasteiger partial charge in [-0.1, -0.05) is 23.5 Å². The third-order valence-electron chi connectivity index (χ3n) is 4.39. The predicted molar refractivity (Wildman–Crippen MR) is 92.3 cm³/mol. The van der Waals surface area contributed by atoms with Gasteiger partial charge in [0.25, 0.3) is 0 Å². The van der Waals surface area contributed by atoms with Crippen LogP contribution in [0.4, 0.5) is 5.13 Å². The molecule has 0 bridgehead atoms. The number of fused-ring (bicyclic) bond motifs is 2. The first-order valence-corrected chi connectivity index (χ1v) is 8.51. The molecular formula is C17H15N5S. The fraction of sp³-hybridized carbons (Fsp3) is 0.235. The molecule has 4 heterocycles. The number of hydrogen-bond acceptors (Lipinski definition) is 5. The maximum absolute atomic E-state index is 4.76. The van der Waals surface area contributed by atoms with Crippen LogP contribution in [0.25, 0.3) is 15.9 Å². The second-order valence-electron chi connectivity index (χ2n) is 6.06. The van der Waals surface area contributed by atoms with Gasteiger partial charge in [0.2, 0.25) is 0 Å². The average molecular weight is 321 g/mol. The first kappa shape index (κ1) is 13.0. The smallest absolute Gasteiger partial charge is 0.186 e. The lowest BCUT2D eigenvalue weighted by molar-refractivity contribution is 0.496. The molecule has 1 saturated heterocycles. The van der Waals surface area contributed by atoms with Crippen LogP contribution in [0.3, 0.4) is 0 Å². The molecule has 3 aromatic heterocycles. The van der Waals surface area contributed by atoms with Gasteiger partial charge in [-0.2, -0.15) is 0 Å². The van der Waals surface area contributed by atoms with Crippen LogP contribution in [0.5, 0.6) is 0 Å². The van der Waals surface area contributed by atoms with Crippen molar-refractivity contribution in [1.82, 2.24) is 19.6 Å². The van der Waals surface area contributed by atoms with Gasteiger partial charge in [0.15, 0.2) is 10.8 Å². The van der Waals surface area contributed by atoms with E-state index in [2.05, 4.69) is 44.6 Å². The molecule has 5 nitrogen and oxygen atoms in total. The van der Waals surface area contributed by atoms with Crippen molar-refractivity contribution in [3.63, 3.8) is 0 Å². The quantitative estimate of drug-likeness (QED) is 0.568. The summed E-state index contributed by atoms with van der Waals surface area (Å²) >= 11 is 1.77. The molecule has 0 saturated carbocycles. The Morgan fingerprint density at radius 2 is 2.04 bits per heavy atom. The molecule has 23 heavy (non-hydrogen) atoms. The third kappa shape index (κ3) is 2.02. The second kappa shape index (κ2) is 4.76. The molecular weight excluding hydrogens is 306 g/mol. The monoisotopic (exact) mass is 321 g/mol. The highest BCUT2D eigenvalue weighted by Crippen LogP contribution is 2.36. The summed E-state index contributed by atoms with van der Waals surface area (Å²) in [6, 6.07) is 12.4. The number of aromatic nitrogens is 4. The Hall–Kier alpha value is -2.47. The molecule has 114 valence electrons. The first-order valence-electron chi connectivity index (χ1n) is 7.70. The Morgan fingerprint density at radius 3 is 2.96 bits per heavy atom. The molecule has 1 fully saturated rings. The van der Waals surface area contributed by atoms with Gasteiger partial charge in [-0.3, -0.25) is 4.40 Å². The van der Waals surface area contributed by atoms with Gasteiger partial charge < -0.3 is 4.90 Å². The summed E-state index contributed by atoms with van der Waals surface area (Å²) in [5.41, 5.74) is 3.28. The summed E-state index contributed by atoms with van der Waals surface area (Å²) in [4.78, 5) is 7.08. The van der Waals surface area contributed by atoms with Crippen molar-refractivity contribution in [2.75, 3.05) is 18.0 Å². The van der Waals surface area contributed by atoms with E-state index in [4.69, 9.17) is 4.98 Å². The summed E-state index contributed by atoms with van der Waals surface area (Å²) in [6.07, 6.45) is 2.04. The van der Waals surface area contributed by atoms with E-state index >= 15 is 0 Å². The Morgan fingerprint density at radius 1 is 1.13 bits per heavy atom. The molecule has 0 spiro atoms. The largest absolute Gasteiger partial charge is 0.346 e.